The van der Waals surface area contributed by atoms with Gasteiger partial charge >= 0.3 is 6.18 Å². The number of hydrogen-bond acceptors (Lipinski definition) is 4. The largest absolute Gasteiger partial charge is 0.418 e. The van der Waals surface area contributed by atoms with Gasteiger partial charge in [0, 0.05) is 44.0 Å². The minimum absolute atomic E-state index is 0.0482. The number of aliphatic hydroxyl groups excluding tert-OH is 1. The van der Waals surface area contributed by atoms with Crippen molar-refractivity contribution in [3.05, 3.63) is 23.8 Å². The number of aliphatic hydroxyl groups is 1. The van der Waals surface area contributed by atoms with E-state index in [1.165, 1.54) is 19.1 Å². The number of hydrogen-bond donors (Lipinski definition) is 2. The van der Waals surface area contributed by atoms with Crippen LogP contribution in [-0.4, -0.2) is 53.6 Å². The molecule has 176 valence electrons. The molecule has 1 atom stereocenters. The fourth-order valence-electron chi connectivity index (χ4n) is 5.60. The highest BCUT2D eigenvalue weighted by atomic mass is 19.4. The molecule has 2 N–H and O–H groups in total. The summed E-state index contributed by atoms with van der Waals surface area (Å²) in [5.74, 6) is -0.387. The van der Waals surface area contributed by atoms with Crippen LogP contribution < -0.4 is 10.2 Å². The quantitative estimate of drug-likeness (QED) is 0.731. The van der Waals surface area contributed by atoms with Crippen LogP contribution in [0.1, 0.15) is 57.4 Å². The molecule has 0 bridgehead atoms. The molecule has 1 aromatic carbocycles. The fraction of sp³-hybridized carbons (Fsp3) is 0.652. The Morgan fingerprint density at radius 2 is 1.88 bits per heavy atom. The number of alkyl halides is 3. The molecule has 1 spiro atoms. The van der Waals surface area contributed by atoms with E-state index in [-0.39, 0.29) is 36.0 Å². The van der Waals surface area contributed by atoms with Gasteiger partial charge in [0.1, 0.15) is 0 Å². The average molecular weight is 454 g/mol. The van der Waals surface area contributed by atoms with E-state index in [1.807, 2.05) is 4.90 Å². The summed E-state index contributed by atoms with van der Waals surface area (Å²) in [5.41, 5.74) is -1.31. The van der Waals surface area contributed by atoms with Gasteiger partial charge in [0.25, 0.3) is 0 Å². The van der Waals surface area contributed by atoms with E-state index in [0.29, 0.717) is 45.2 Å². The van der Waals surface area contributed by atoms with Crippen LogP contribution in [0, 0.1) is 5.41 Å². The summed E-state index contributed by atoms with van der Waals surface area (Å²) in [7, 11) is 0. The maximum atomic E-state index is 13.9. The van der Waals surface area contributed by atoms with Gasteiger partial charge in [-0.3, -0.25) is 9.59 Å². The molecule has 0 aromatic heterocycles. The van der Waals surface area contributed by atoms with Gasteiger partial charge in [0.15, 0.2) is 0 Å². The number of nitrogens with zero attached hydrogens (tertiary/aromatic N) is 2. The summed E-state index contributed by atoms with van der Waals surface area (Å²) in [6, 6.07) is 3.95. The number of nitrogens with one attached hydrogen (secondary N) is 1. The van der Waals surface area contributed by atoms with Crippen molar-refractivity contribution >= 4 is 23.2 Å². The van der Waals surface area contributed by atoms with Crippen molar-refractivity contribution in [2.45, 2.75) is 70.2 Å². The molecule has 2 saturated heterocycles. The van der Waals surface area contributed by atoms with Gasteiger partial charge in [-0.25, -0.2) is 0 Å². The highest BCUT2D eigenvalue weighted by Crippen LogP contribution is 2.46. The van der Waals surface area contributed by atoms with Gasteiger partial charge < -0.3 is 20.2 Å². The first kappa shape index (κ1) is 22.9. The van der Waals surface area contributed by atoms with Gasteiger partial charge in [-0.2, -0.15) is 13.2 Å². The molecule has 2 heterocycles. The van der Waals surface area contributed by atoms with Crippen molar-refractivity contribution in [3.8, 4) is 0 Å². The summed E-state index contributed by atoms with van der Waals surface area (Å²) in [5, 5.41) is 12.2. The van der Waals surface area contributed by atoms with Crippen LogP contribution in [-0.2, 0) is 15.8 Å². The first-order valence-electron chi connectivity index (χ1n) is 11.3. The van der Waals surface area contributed by atoms with E-state index >= 15 is 0 Å². The topological polar surface area (TPSA) is 72.9 Å². The minimum atomic E-state index is -4.58. The smallest absolute Gasteiger partial charge is 0.393 e. The number of carbonyl (C=O) groups excluding carboxylic acids is 2. The first-order chi connectivity index (χ1) is 15.1. The van der Waals surface area contributed by atoms with Crippen LogP contribution in [0.15, 0.2) is 18.2 Å². The van der Waals surface area contributed by atoms with Gasteiger partial charge in [-0.15, -0.1) is 0 Å². The average Bonchev–Trinajstić information content (AvgIpc) is 3.03. The molecule has 1 aromatic rings. The van der Waals surface area contributed by atoms with Crippen molar-refractivity contribution in [3.63, 3.8) is 0 Å². The monoisotopic (exact) mass is 453 g/mol. The number of piperidine rings is 1. The predicted octanol–water partition coefficient (Wildman–Crippen LogP) is 3.79. The Morgan fingerprint density at radius 1 is 1.16 bits per heavy atom. The van der Waals surface area contributed by atoms with Gasteiger partial charge in [-0.05, 0) is 63.1 Å². The summed E-state index contributed by atoms with van der Waals surface area (Å²) < 4.78 is 41.6. The molecule has 2 amide bonds. The number of halogens is 3. The molecule has 32 heavy (non-hydrogen) atoms. The Kier molecular flexibility index (Phi) is 6.13. The first-order valence-corrected chi connectivity index (χ1v) is 11.3. The third-order valence-corrected chi connectivity index (χ3v) is 7.19. The van der Waals surface area contributed by atoms with Crippen molar-refractivity contribution in [2.24, 2.45) is 5.41 Å². The van der Waals surface area contributed by atoms with E-state index in [0.717, 1.165) is 18.9 Å². The van der Waals surface area contributed by atoms with E-state index in [2.05, 4.69) is 5.32 Å². The van der Waals surface area contributed by atoms with E-state index < -0.39 is 23.1 Å². The van der Waals surface area contributed by atoms with Crippen LogP contribution in [0.4, 0.5) is 24.5 Å². The SMILES string of the molecule is CC(=O)Nc1ccc(N2CCC[C@@]3(CCN([C@H]4CC[C@H](O)CC4)C3=O)C2)c(C(F)(F)F)c1. The number of amides is 2. The Balaban J connectivity index is 1.56. The summed E-state index contributed by atoms with van der Waals surface area (Å²) in [6.07, 6.45) is 0.00441. The second-order valence-electron chi connectivity index (χ2n) is 9.43. The van der Waals surface area contributed by atoms with Crippen LogP contribution >= 0.6 is 0 Å². The van der Waals surface area contributed by atoms with Crippen LogP contribution in [0.3, 0.4) is 0 Å². The lowest BCUT2D eigenvalue weighted by atomic mass is 9.78. The van der Waals surface area contributed by atoms with E-state index in [4.69, 9.17) is 0 Å². The molecule has 3 fully saturated rings. The fourth-order valence-corrected chi connectivity index (χ4v) is 5.60. The molecule has 0 radical (unpaired) electrons. The van der Waals surface area contributed by atoms with Gasteiger partial charge in [0.2, 0.25) is 11.8 Å². The van der Waals surface area contributed by atoms with Crippen molar-refractivity contribution in [2.75, 3.05) is 29.9 Å². The van der Waals surface area contributed by atoms with Crippen molar-refractivity contribution < 1.29 is 27.9 Å². The molecule has 2 aliphatic heterocycles. The molecule has 3 aliphatic rings. The van der Waals surface area contributed by atoms with Crippen molar-refractivity contribution in [1.29, 1.82) is 0 Å². The third-order valence-electron chi connectivity index (χ3n) is 7.19. The Bertz CT molecular complexity index is 883. The lowest BCUT2D eigenvalue weighted by molar-refractivity contribution is -0.139. The van der Waals surface area contributed by atoms with E-state index in [9.17, 15) is 27.9 Å². The number of likely N-dealkylation sites (tertiary alicyclic amines) is 1. The zero-order valence-corrected chi connectivity index (χ0v) is 18.2. The molecule has 1 aliphatic carbocycles. The Labute approximate surface area is 185 Å². The number of benzene rings is 1. The zero-order valence-electron chi connectivity index (χ0n) is 18.2. The highest BCUT2D eigenvalue weighted by molar-refractivity contribution is 5.89. The summed E-state index contributed by atoms with van der Waals surface area (Å²) in [6.45, 7) is 2.59. The molecule has 9 heteroatoms. The van der Waals surface area contributed by atoms with Gasteiger partial charge in [-0.1, -0.05) is 0 Å². The lowest BCUT2D eigenvalue weighted by Gasteiger charge is -2.42. The van der Waals surface area contributed by atoms with E-state index in [1.54, 1.807) is 4.90 Å². The second kappa shape index (κ2) is 8.57. The molecule has 4 rings (SSSR count). The summed E-state index contributed by atoms with van der Waals surface area (Å²) in [4.78, 5) is 28.4. The highest BCUT2D eigenvalue weighted by Gasteiger charge is 2.51. The Morgan fingerprint density at radius 3 is 2.53 bits per heavy atom. The van der Waals surface area contributed by atoms with Crippen LogP contribution in [0.25, 0.3) is 0 Å². The molecule has 6 nitrogen and oxygen atoms in total. The maximum Gasteiger partial charge on any atom is 0.418 e. The number of carbonyl (C=O) groups is 2. The number of anilines is 2. The lowest BCUT2D eigenvalue weighted by Crippen LogP contribution is -2.50. The second-order valence-corrected chi connectivity index (χ2v) is 9.43. The predicted molar refractivity (Wildman–Crippen MR) is 114 cm³/mol. The minimum Gasteiger partial charge on any atom is -0.393 e. The Hall–Kier alpha value is -2.29. The standard InChI is InChI=1S/C23H30F3N3O3/c1-15(30)27-16-3-8-20(19(13-16)23(24,25)26)28-11-2-9-22(14-28)10-12-29(21(22)32)17-4-6-18(31)7-5-17/h3,8,13,17-18,31H,2,4-7,9-12,14H2,1H3,(H,27,30)/t17-,18-,22-/m1/s1. The van der Waals surface area contributed by atoms with Crippen LogP contribution in [0.5, 0.6) is 0 Å². The molecule has 0 unspecified atom stereocenters. The van der Waals surface area contributed by atoms with Gasteiger partial charge in [0.05, 0.1) is 17.1 Å². The molecular weight excluding hydrogens is 423 g/mol. The molecule has 1 saturated carbocycles. The summed E-state index contributed by atoms with van der Waals surface area (Å²) >= 11 is 0. The van der Waals surface area contributed by atoms with Crippen LogP contribution in [0.2, 0.25) is 0 Å². The van der Waals surface area contributed by atoms with Crippen molar-refractivity contribution in [1.82, 2.24) is 4.90 Å². The number of rotatable bonds is 3. The third kappa shape index (κ3) is 4.44. The zero-order chi connectivity index (χ0) is 23.1. The normalized spacial score (nSPS) is 29.0. The molecular formula is C23H30F3N3O3. The maximum absolute atomic E-state index is 13.9.